The van der Waals surface area contributed by atoms with Crippen LogP contribution in [0.1, 0.15) is 34.0 Å². The van der Waals surface area contributed by atoms with E-state index in [0.717, 1.165) is 22.4 Å². The van der Waals surface area contributed by atoms with Gasteiger partial charge in [0.25, 0.3) is 5.91 Å². The van der Waals surface area contributed by atoms with Crippen molar-refractivity contribution in [2.24, 2.45) is 0 Å². The molecule has 31 heavy (non-hydrogen) atoms. The summed E-state index contributed by atoms with van der Waals surface area (Å²) in [6, 6.07) is 24.9. The summed E-state index contributed by atoms with van der Waals surface area (Å²) in [6.07, 6.45) is 0.458. The quantitative estimate of drug-likeness (QED) is 0.664. The number of ether oxygens (including phenoxy) is 1. The molecule has 3 aromatic carbocycles. The number of hydrogen-bond acceptors (Lipinski definition) is 3. The molecule has 0 aliphatic carbocycles. The number of amides is 2. The van der Waals surface area contributed by atoms with Crippen LogP contribution in [0.4, 0.5) is 0 Å². The Morgan fingerprint density at radius 1 is 1.00 bits per heavy atom. The van der Waals surface area contributed by atoms with Crippen LogP contribution in [-0.2, 0) is 24.3 Å². The number of hydrogen-bond donors (Lipinski definition) is 1. The fourth-order valence-electron chi connectivity index (χ4n) is 4.15. The minimum absolute atomic E-state index is 0.124. The first-order valence-electron chi connectivity index (χ1n) is 10.4. The highest BCUT2D eigenvalue weighted by Crippen LogP contribution is 2.33. The van der Waals surface area contributed by atoms with Crippen molar-refractivity contribution in [3.8, 4) is 5.75 Å². The highest BCUT2D eigenvalue weighted by atomic mass is 16.5. The topological polar surface area (TPSA) is 58.6 Å². The number of nitrogens with zero attached hydrogens (tertiary/aromatic N) is 1. The second-order valence-corrected chi connectivity index (χ2v) is 7.98. The Labute approximate surface area is 182 Å². The number of fused-ring (bicyclic) bond motifs is 1. The van der Waals surface area contributed by atoms with Crippen molar-refractivity contribution >= 4 is 11.8 Å². The monoisotopic (exact) mass is 414 g/mol. The predicted octanol–water partition coefficient (Wildman–Crippen LogP) is 3.97. The molecule has 1 aliphatic rings. The smallest absolute Gasteiger partial charge is 0.255 e. The molecular formula is C26H26N2O3. The standard InChI is InChI=1S/C26H26N2O3/c1-26(25(30)27-17-21-13-7-9-15-23(21)31-2)16-20-12-6-8-14-22(20)24(29)28(26)18-19-10-4-3-5-11-19/h3-15H,16-18H2,1-2H3,(H,27,30). The zero-order valence-corrected chi connectivity index (χ0v) is 17.8. The van der Waals surface area contributed by atoms with Crippen molar-refractivity contribution in [1.29, 1.82) is 0 Å². The van der Waals surface area contributed by atoms with Gasteiger partial charge in [-0.05, 0) is 30.2 Å². The number of methoxy groups -OCH3 is 1. The van der Waals surface area contributed by atoms with Gasteiger partial charge in [0.15, 0.2) is 0 Å². The van der Waals surface area contributed by atoms with Crippen LogP contribution < -0.4 is 10.1 Å². The van der Waals surface area contributed by atoms with Crippen molar-refractivity contribution in [3.05, 3.63) is 101 Å². The Hall–Kier alpha value is -3.60. The molecule has 5 heteroatoms. The summed E-state index contributed by atoms with van der Waals surface area (Å²) in [5, 5.41) is 3.04. The second kappa shape index (κ2) is 8.64. The number of nitrogens with one attached hydrogen (secondary N) is 1. The number of carbonyl (C=O) groups is 2. The first kappa shape index (κ1) is 20.7. The van der Waals surface area contributed by atoms with Gasteiger partial charge < -0.3 is 15.0 Å². The van der Waals surface area contributed by atoms with Gasteiger partial charge in [0.05, 0.1) is 7.11 Å². The molecule has 1 atom stereocenters. The maximum Gasteiger partial charge on any atom is 0.255 e. The van der Waals surface area contributed by atoms with Gasteiger partial charge in [-0.1, -0.05) is 66.7 Å². The Balaban J connectivity index is 1.64. The molecule has 3 aromatic rings. The van der Waals surface area contributed by atoms with E-state index in [1.54, 1.807) is 12.0 Å². The van der Waals surface area contributed by atoms with E-state index >= 15 is 0 Å². The number of rotatable bonds is 6. The van der Waals surface area contributed by atoms with Crippen molar-refractivity contribution in [3.63, 3.8) is 0 Å². The van der Waals surface area contributed by atoms with Crippen LogP contribution in [0.5, 0.6) is 5.75 Å². The van der Waals surface area contributed by atoms with Crippen molar-refractivity contribution in [2.75, 3.05) is 7.11 Å². The van der Waals surface area contributed by atoms with Crippen molar-refractivity contribution in [2.45, 2.75) is 32.0 Å². The molecule has 2 amide bonds. The molecule has 0 saturated carbocycles. The normalized spacial score (nSPS) is 17.7. The van der Waals surface area contributed by atoms with E-state index < -0.39 is 5.54 Å². The molecular weight excluding hydrogens is 388 g/mol. The van der Waals surface area contributed by atoms with E-state index in [1.165, 1.54) is 0 Å². The fourth-order valence-corrected chi connectivity index (χ4v) is 4.15. The molecule has 5 nitrogen and oxygen atoms in total. The van der Waals surface area contributed by atoms with E-state index in [2.05, 4.69) is 5.32 Å². The Morgan fingerprint density at radius 2 is 1.68 bits per heavy atom. The van der Waals surface area contributed by atoms with Crippen LogP contribution in [0, 0.1) is 0 Å². The van der Waals surface area contributed by atoms with Crippen LogP contribution in [0.2, 0.25) is 0 Å². The molecule has 158 valence electrons. The predicted molar refractivity (Wildman–Crippen MR) is 120 cm³/mol. The van der Waals surface area contributed by atoms with Gasteiger partial charge in [-0.25, -0.2) is 0 Å². The Kier molecular flexibility index (Phi) is 5.76. The van der Waals surface area contributed by atoms with Crippen LogP contribution >= 0.6 is 0 Å². The highest BCUT2D eigenvalue weighted by Gasteiger charge is 2.46. The fraction of sp³-hybridized carbons (Fsp3) is 0.231. The Bertz CT molecular complexity index is 1100. The molecule has 0 bridgehead atoms. The van der Waals surface area contributed by atoms with Crippen LogP contribution in [-0.4, -0.2) is 29.4 Å². The molecule has 1 aliphatic heterocycles. The van der Waals surface area contributed by atoms with Crippen LogP contribution in [0.25, 0.3) is 0 Å². The van der Waals surface area contributed by atoms with E-state index in [4.69, 9.17) is 4.74 Å². The summed E-state index contributed by atoms with van der Waals surface area (Å²) in [5.74, 6) is 0.414. The molecule has 1 heterocycles. The average molecular weight is 415 g/mol. The lowest BCUT2D eigenvalue weighted by molar-refractivity contribution is -0.132. The largest absolute Gasteiger partial charge is 0.496 e. The molecule has 1 unspecified atom stereocenters. The van der Waals surface area contributed by atoms with Crippen LogP contribution in [0.15, 0.2) is 78.9 Å². The zero-order valence-electron chi connectivity index (χ0n) is 17.8. The minimum atomic E-state index is -1.01. The van der Waals surface area contributed by atoms with E-state index in [0.29, 0.717) is 25.1 Å². The summed E-state index contributed by atoms with van der Waals surface area (Å²) in [7, 11) is 1.61. The first-order valence-corrected chi connectivity index (χ1v) is 10.4. The van der Waals surface area contributed by atoms with Gasteiger partial charge in [-0.15, -0.1) is 0 Å². The lowest BCUT2D eigenvalue weighted by Gasteiger charge is -2.44. The third-order valence-corrected chi connectivity index (χ3v) is 5.93. The zero-order chi connectivity index (χ0) is 21.8. The molecule has 0 spiro atoms. The number of para-hydroxylation sites is 1. The molecule has 0 aromatic heterocycles. The highest BCUT2D eigenvalue weighted by molar-refractivity contribution is 6.02. The maximum atomic E-state index is 13.5. The first-order chi connectivity index (χ1) is 15.0. The van der Waals surface area contributed by atoms with Crippen LogP contribution in [0.3, 0.4) is 0 Å². The summed E-state index contributed by atoms with van der Waals surface area (Å²) in [6.45, 7) is 2.54. The molecule has 0 radical (unpaired) electrons. The van der Waals surface area contributed by atoms with E-state index in [9.17, 15) is 9.59 Å². The van der Waals surface area contributed by atoms with Crippen molar-refractivity contribution < 1.29 is 14.3 Å². The van der Waals surface area contributed by atoms with Gasteiger partial charge in [0, 0.05) is 30.6 Å². The summed E-state index contributed by atoms with van der Waals surface area (Å²) >= 11 is 0. The molecule has 1 N–H and O–H groups in total. The SMILES string of the molecule is COc1ccccc1CNC(=O)C1(C)Cc2ccccc2C(=O)N1Cc1ccccc1. The second-order valence-electron chi connectivity index (χ2n) is 7.98. The lowest BCUT2D eigenvalue weighted by Crippen LogP contribution is -2.62. The van der Waals surface area contributed by atoms with Gasteiger partial charge >= 0.3 is 0 Å². The Morgan fingerprint density at radius 3 is 2.45 bits per heavy atom. The minimum Gasteiger partial charge on any atom is -0.496 e. The third kappa shape index (κ3) is 4.04. The lowest BCUT2D eigenvalue weighted by atomic mass is 9.82. The molecule has 4 rings (SSSR count). The molecule has 0 fully saturated rings. The third-order valence-electron chi connectivity index (χ3n) is 5.93. The van der Waals surface area contributed by atoms with Gasteiger partial charge in [0.2, 0.25) is 5.91 Å². The number of benzene rings is 3. The van der Waals surface area contributed by atoms with Gasteiger partial charge in [-0.2, -0.15) is 0 Å². The summed E-state index contributed by atoms with van der Waals surface area (Å²) < 4.78 is 5.40. The maximum absolute atomic E-state index is 13.5. The van der Waals surface area contributed by atoms with Gasteiger partial charge in [-0.3, -0.25) is 9.59 Å². The van der Waals surface area contributed by atoms with E-state index in [-0.39, 0.29) is 11.8 Å². The van der Waals surface area contributed by atoms with Gasteiger partial charge in [0.1, 0.15) is 11.3 Å². The van der Waals surface area contributed by atoms with E-state index in [1.807, 2.05) is 85.8 Å². The summed E-state index contributed by atoms with van der Waals surface area (Å²) in [4.78, 5) is 28.6. The summed E-state index contributed by atoms with van der Waals surface area (Å²) in [5.41, 5.74) is 2.42. The van der Waals surface area contributed by atoms with Crippen molar-refractivity contribution in [1.82, 2.24) is 10.2 Å². The average Bonchev–Trinajstić information content (AvgIpc) is 2.81. The molecule has 0 saturated heterocycles. The number of carbonyl (C=O) groups excluding carboxylic acids is 2.